The van der Waals surface area contributed by atoms with Crippen molar-refractivity contribution in [2.75, 3.05) is 29.5 Å². The summed E-state index contributed by atoms with van der Waals surface area (Å²) in [6.07, 6.45) is 1.38. The van der Waals surface area contributed by atoms with Gasteiger partial charge in [0.05, 0.1) is 6.33 Å². The molecule has 1 aromatic heterocycles. The van der Waals surface area contributed by atoms with Crippen molar-refractivity contribution in [1.29, 1.82) is 0 Å². The highest BCUT2D eigenvalue weighted by Gasteiger charge is 2.19. The van der Waals surface area contributed by atoms with Crippen LogP contribution in [0, 0.1) is 0 Å². The third-order valence-corrected chi connectivity index (χ3v) is 4.25. The second-order valence-corrected chi connectivity index (χ2v) is 5.69. The number of H-pyrrole nitrogens is 1. The summed E-state index contributed by atoms with van der Waals surface area (Å²) in [5.41, 5.74) is -0.188. The Morgan fingerprint density at radius 1 is 1.47 bits per heavy atom. The van der Waals surface area contributed by atoms with Gasteiger partial charge < -0.3 is 9.88 Å². The smallest absolute Gasteiger partial charge is 0.267 e. The summed E-state index contributed by atoms with van der Waals surface area (Å²) in [5, 5.41) is 0. The predicted molar refractivity (Wildman–Crippen MR) is 62.6 cm³/mol. The summed E-state index contributed by atoms with van der Waals surface area (Å²) in [5.74, 6) is 1.91. The molecule has 0 unspecified atom stereocenters. The van der Waals surface area contributed by atoms with E-state index in [2.05, 4.69) is 25.9 Å². The number of rotatable bonds is 1. The molecule has 1 fully saturated rings. The van der Waals surface area contributed by atoms with Crippen LogP contribution in [0.15, 0.2) is 15.6 Å². The summed E-state index contributed by atoms with van der Waals surface area (Å²) >= 11 is 3.21. The monoisotopic (exact) mass is 291 g/mol. The molecule has 0 atom stereocenters. The van der Waals surface area contributed by atoms with Crippen molar-refractivity contribution in [2.24, 2.45) is 0 Å². The zero-order valence-electron chi connectivity index (χ0n) is 7.90. The van der Waals surface area contributed by atoms with Crippen LogP contribution in [-0.2, 0) is 10.8 Å². The van der Waals surface area contributed by atoms with Crippen molar-refractivity contribution in [1.82, 2.24) is 9.97 Å². The van der Waals surface area contributed by atoms with E-state index in [9.17, 15) is 9.00 Å². The molecule has 0 radical (unpaired) electrons. The molecule has 0 amide bonds. The average Bonchev–Trinajstić information content (AvgIpc) is 2.24. The molecular weight excluding hydrogens is 282 g/mol. The van der Waals surface area contributed by atoms with Gasteiger partial charge in [0.25, 0.3) is 5.56 Å². The van der Waals surface area contributed by atoms with Crippen molar-refractivity contribution < 1.29 is 4.21 Å². The SMILES string of the molecule is O=c1[nH]cnc(N2CCS(=O)CC2)c1Br. The molecule has 0 spiro atoms. The van der Waals surface area contributed by atoms with Gasteiger partial charge in [-0.2, -0.15) is 0 Å². The molecule has 1 aromatic rings. The molecule has 1 N–H and O–H groups in total. The van der Waals surface area contributed by atoms with Gasteiger partial charge in [0.15, 0.2) is 0 Å². The quantitative estimate of drug-likeness (QED) is 0.797. The lowest BCUT2D eigenvalue weighted by Crippen LogP contribution is -2.39. The van der Waals surface area contributed by atoms with Gasteiger partial charge in [-0.3, -0.25) is 9.00 Å². The van der Waals surface area contributed by atoms with Crippen molar-refractivity contribution >= 4 is 32.5 Å². The number of nitrogens with one attached hydrogen (secondary N) is 1. The first kappa shape index (κ1) is 10.8. The first-order valence-electron chi connectivity index (χ1n) is 4.51. The zero-order chi connectivity index (χ0) is 10.8. The number of halogens is 1. The van der Waals surface area contributed by atoms with Crippen molar-refractivity contribution in [2.45, 2.75) is 0 Å². The Hall–Kier alpha value is -0.690. The first-order chi connectivity index (χ1) is 7.18. The summed E-state index contributed by atoms with van der Waals surface area (Å²) < 4.78 is 11.6. The molecule has 2 rings (SSSR count). The van der Waals surface area contributed by atoms with Gasteiger partial charge in [0.2, 0.25) is 0 Å². The minimum absolute atomic E-state index is 0.188. The van der Waals surface area contributed by atoms with Crippen LogP contribution in [0.3, 0.4) is 0 Å². The van der Waals surface area contributed by atoms with Crippen LogP contribution in [0.25, 0.3) is 0 Å². The van der Waals surface area contributed by atoms with Crippen LogP contribution >= 0.6 is 15.9 Å². The van der Waals surface area contributed by atoms with Crippen molar-refractivity contribution in [3.63, 3.8) is 0 Å². The van der Waals surface area contributed by atoms with Crippen LogP contribution in [0.2, 0.25) is 0 Å². The molecular formula is C8H10BrN3O2S. The molecule has 0 aromatic carbocycles. The normalized spacial score (nSPS) is 18.1. The van der Waals surface area contributed by atoms with E-state index >= 15 is 0 Å². The first-order valence-corrected chi connectivity index (χ1v) is 6.79. The van der Waals surface area contributed by atoms with Gasteiger partial charge in [-0.25, -0.2) is 4.98 Å². The standard InChI is InChI=1S/C8H10BrN3O2S/c9-6-7(10-5-11-8(6)13)12-1-3-15(14)4-2-12/h5H,1-4H2,(H,10,11,13). The Labute approximate surface area is 97.5 Å². The molecule has 7 heteroatoms. The highest BCUT2D eigenvalue weighted by atomic mass is 79.9. The van der Waals surface area contributed by atoms with Gasteiger partial charge in [0, 0.05) is 35.4 Å². The third-order valence-electron chi connectivity index (χ3n) is 2.26. The third kappa shape index (κ3) is 2.28. The molecule has 0 bridgehead atoms. The van der Waals surface area contributed by atoms with Gasteiger partial charge in [0.1, 0.15) is 10.3 Å². The molecule has 1 aliphatic rings. The second-order valence-electron chi connectivity index (χ2n) is 3.20. The van der Waals surface area contributed by atoms with E-state index in [1.807, 2.05) is 4.90 Å². The second kappa shape index (κ2) is 4.44. The fraction of sp³-hybridized carbons (Fsp3) is 0.500. The Morgan fingerprint density at radius 2 is 2.13 bits per heavy atom. The summed E-state index contributed by atoms with van der Waals surface area (Å²) in [7, 11) is -0.717. The molecule has 1 saturated heterocycles. The number of hydrogen-bond acceptors (Lipinski definition) is 4. The molecule has 2 heterocycles. The van der Waals surface area contributed by atoms with Gasteiger partial charge >= 0.3 is 0 Å². The lowest BCUT2D eigenvalue weighted by molar-refractivity contribution is 0.672. The highest BCUT2D eigenvalue weighted by Crippen LogP contribution is 2.19. The van der Waals surface area contributed by atoms with E-state index < -0.39 is 10.8 Å². The molecule has 1 aliphatic heterocycles. The summed E-state index contributed by atoms with van der Waals surface area (Å²) in [6, 6.07) is 0. The summed E-state index contributed by atoms with van der Waals surface area (Å²) in [6.45, 7) is 1.36. The van der Waals surface area contributed by atoms with E-state index in [0.29, 0.717) is 34.9 Å². The molecule has 15 heavy (non-hydrogen) atoms. The Balaban J connectivity index is 2.26. The molecule has 0 saturated carbocycles. The largest absolute Gasteiger partial charge is 0.354 e. The van der Waals surface area contributed by atoms with Crippen molar-refractivity contribution in [3.8, 4) is 0 Å². The number of anilines is 1. The lowest BCUT2D eigenvalue weighted by atomic mass is 10.4. The predicted octanol–water partition coefficient (Wildman–Crippen LogP) is 0.101. The minimum atomic E-state index is -0.717. The molecule has 5 nitrogen and oxygen atoms in total. The van der Waals surface area contributed by atoms with Crippen LogP contribution < -0.4 is 10.5 Å². The fourth-order valence-electron chi connectivity index (χ4n) is 1.44. The van der Waals surface area contributed by atoms with Crippen LogP contribution in [0.4, 0.5) is 5.82 Å². The fourth-order valence-corrected chi connectivity index (χ4v) is 2.96. The Bertz CT molecular complexity index is 438. The molecule has 0 aliphatic carbocycles. The van der Waals surface area contributed by atoms with E-state index in [1.54, 1.807) is 0 Å². The molecule has 82 valence electrons. The van der Waals surface area contributed by atoms with Gasteiger partial charge in [-0.15, -0.1) is 0 Å². The van der Waals surface area contributed by atoms with Gasteiger partial charge in [-0.1, -0.05) is 0 Å². The van der Waals surface area contributed by atoms with E-state index in [4.69, 9.17) is 0 Å². The number of hydrogen-bond donors (Lipinski definition) is 1. The highest BCUT2D eigenvalue weighted by molar-refractivity contribution is 9.10. The summed E-state index contributed by atoms with van der Waals surface area (Å²) in [4.78, 5) is 19.9. The maximum Gasteiger partial charge on any atom is 0.267 e. The van der Waals surface area contributed by atoms with Crippen molar-refractivity contribution in [3.05, 3.63) is 21.2 Å². The van der Waals surface area contributed by atoms with E-state index in [1.165, 1.54) is 6.33 Å². The number of aromatic amines is 1. The number of nitrogens with zero attached hydrogens (tertiary/aromatic N) is 2. The van der Waals surface area contributed by atoms with Gasteiger partial charge in [-0.05, 0) is 15.9 Å². The van der Waals surface area contributed by atoms with Crippen LogP contribution in [-0.4, -0.2) is 38.8 Å². The van der Waals surface area contributed by atoms with E-state index in [0.717, 1.165) is 0 Å². The topological polar surface area (TPSA) is 66.1 Å². The Kier molecular flexibility index (Phi) is 3.20. The van der Waals surface area contributed by atoms with Crippen LogP contribution in [0.5, 0.6) is 0 Å². The van der Waals surface area contributed by atoms with Crippen LogP contribution in [0.1, 0.15) is 0 Å². The average molecular weight is 292 g/mol. The van der Waals surface area contributed by atoms with E-state index in [-0.39, 0.29) is 5.56 Å². The zero-order valence-corrected chi connectivity index (χ0v) is 10.3. The maximum atomic E-state index is 11.3. The number of aromatic nitrogens is 2. The maximum absolute atomic E-state index is 11.3. The Morgan fingerprint density at radius 3 is 2.80 bits per heavy atom. The lowest BCUT2D eigenvalue weighted by Gasteiger charge is -2.27. The minimum Gasteiger partial charge on any atom is -0.354 e.